The number of urea groups is 1. The Kier molecular flexibility index (Phi) is 3.68. The average Bonchev–Trinajstić information content (AvgIpc) is 3.13. The van der Waals surface area contributed by atoms with Crippen molar-refractivity contribution in [2.45, 2.75) is 19.0 Å². The maximum absolute atomic E-state index is 13.0. The number of hydrogen-bond acceptors (Lipinski definition) is 4. The van der Waals surface area contributed by atoms with Crippen LogP contribution in [0.4, 0.5) is 4.79 Å². The molecule has 2 aromatic carbocycles. The van der Waals surface area contributed by atoms with Gasteiger partial charge in [0.05, 0.1) is 6.54 Å². The molecule has 7 heteroatoms. The Balaban J connectivity index is 1.63. The Morgan fingerprint density at radius 3 is 2.76 bits per heavy atom. The number of carbonyl (C=O) groups excluding carboxylic acids is 2. The molecule has 6 nitrogen and oxygen atoms in total. The van der Waals surface area contributed by atoms with Crippen LogP contribution in [0.25, 0.3) is 0 Å². The van der Waals surface area contributed by atoms with Gasteiger partial charge in [-0.1, -0.05) is 34.1 Å². The molecular formula is C18H15BrN2O4. The monoisotopic (exact) mass is 402 g/mol. The lowest BCUT2D eigenvalue weighted by Gasteiger charge is -2.22. The first kappa shape index (κ1) is 16.0. The van der Waals surface area contributed by atoms with E-state index in [0.29, 0.717) is 17.1 Å². The van der Waals surface area contributed by atoms with Gasteiger partial charge in [0.25, 0.3) is 5.91 Å². The summed E-state index contributed by atoms with van der Waals surface area (Å²) in [5, 5.41) is 2.80. The molecule has 25 heavy (non-hydrogen) atoms. The standard InChI is InChI=1S/C18H15BrN2O4/c1-18(12-5-6-14-15(8-12)25-10-24-14)16(22)21(17(23)20-18)9-11-3-2-4-13(19)7-11/h2-8H,9-10H2,1H3,(H,20,23)/t18-/m1/s1. The topological polar surface area (TPSA) is 67.9 Å². The highest BCUT2D eigenvalue weighted by atomic mass is 79.9. The molecule has 4 rings (SSSR count). The highest BCUT2D eigenvalue weighted by Gasteiger charge is 2.49. The molecule has 2 heterocycles. The molecule has 0 aliphatic carbocycles. The summed E-state index contributed by atoms with van der Waals surface area (Å²) in [7, 11) is 0. The first-order valence-corrected chi connectivity index (χ1v) is 8.55. The van der Waals surface area contributed by atoms with E-state index in [1.807, 2.05) is 24.3 Å². The third-order valence-corrected chi connectivity index (χ3v) is 4.95. The fourth-order valence-electron chi connectivity index (χ4n) is 3.06. The normalized spacial score (nSPS) is 21.6. The third kappa shape index (κ3) is 2.64. The number of nitrogens with one attached hydrogen (secondary N) is 1. The van der Waals surface area contributed by atoms with E-state index in [1.54, 1.807) is 25.1 Å². The smallest absolute Gasteiger partial charge is 0.325 e. The molecule has 1 N–H and O–H groups in total. The van der Waals surface area contributed by atoms with E-state index in [2.05, 4.69) is 21.2 Å². The van der Waals surface area contributed by atoms with Crippen LogP contribution in [0, 0.1) is 0 Å². The molecule has 1 saturated heterocycles. The maximum Gasteiger partial charge on any atom is 0.325 e. The van der Waals surface area contributed by atoms with Crippen LogP contribution in [0.2, 0.25) is 0 Å². The predicted molar refractivity (Wildman–Crippen MR) is 93.1 cm³/mol. The van der Waals surface area contributed by atoms with Gasteiger partial charge < -0.3 is 14.8 Å². The number of benzene rings is 2. The van der Waals surface area contributed by atoms with E-state index < -0.39 is 11.6 Å². The van der Waals surface area contributed by atoms with Gasteiger partial charge >= 0.3 is 6.03 Å². The summed E-state index contributed by atoms with van der Waals surface area (Å²) in [4.78, 5) is 26.6. The number of fused-ring (bicyclic) bond motifs is 1. The molecule has 2 aliphatic rings. The van der Waals surface area contributed by atoms with E-state index in [-0.39, 0.29) is 19.2 Å². The Morgan fingerprint density at radius 2 is 1.96 bits per heavy atom. The van der Waals surface area contributed by atoms with Crippen LogP contribution in [0.15, 0.2) is 46.9 Å². The minimum atomic E-state index is -1.13. The summed E-state index contributed by atoms with van der Waals surface area (Å²) in [5.74, 6) is 0.915. The Morgan fingerprint density at radius 1 is 1.16 bits per heavy atom. The lowest BCUT2D eigenvalue weighted by molar-refractivity contribution is -0.131. The number of halogens is 1. The molecule has 0 saturated carbocycles. The number of rotatable bonds is 3. The number of carbonyl (C=O) groups is 2. The van der Waals surface area contributed by atoms with E-state index in [4.69, 9.17) is 9.47 Å². The van der Waals surface area contributed by atoms with Gasteiger partial charge in [-0.15, -0.1) is 0 Å². The van der Waals surface area contributed by atoms with E-state index >= 15 is 0 Å². The Bertz CT molecular complexity index is 885. The summed E-state index contributed by atoms with van der Waals surface area (Å²) in [6.07, 6.45) is 0. The summed E-state index contributed by atoms with van der Waals surface area (Å²) < 4.78 is 11.6. The third-order valence-electron chi connectivity index (χ3n) is 4.45. The fourth-order valence-corrected chi connectivity index (χ4v) is 3.51. The molecule has 0 bridgehead atoms. The van der Waals surface area contributed by atoms with Crippen molar-refractivity contribution in [1.29, 1.82) is 0 Å². The Labute approximate surface area is 152 Å². The van der Waals surface area contributed by atoms with Crippen LogP contribution < -0.4 is 14.8 Å². The molecule has 128 valence electrons. The van der Waals surface area contributed by atoms with Gasteiger partial charge in [0.2, 0.25) is 6.79 Å². The summed E-state index contributed by atoms with van der Waals surface area (Å²) >= 11 is 3.40. The van der Waals surface area contributed by atoms with Crippen molar-refractivity contribution < 1.29 is 19.1 Å². The van der Waals surface area contributed by atoms with Gasteiger partial charge in [-0.2, -0.15) is 0 Å². The molecule has 2 aliphatic heterocycles. The van der Waals surface area contributed by atoms with Gasteiger partial charge in [-0.05, 0) is 42.3 Å². The number of amides is 3. The predicted octanol–water partition coefficient (Wildman–Crippen LogP) is 3.15. The number of ether oxygens (including phenoxy) is 2. The second kappa shape index (κ2) is 5.77. The summed E-state index contributed by atoms with van der Waals surface area (Å²) in [6, 6.07) is 12.4. The second-order valence-electron chi connectivity index (χ2n) is 6.14. The van der Waals surface area contributed by atoms with Gasteiger partial charge in [0.1, 0.15) is 5.54 Å². The lowest BCUT2D eigenvalue weighted by atomic mass is 9.91. The van der Waals surface area contributed by atoms with Crippen LogP contribution in [-0.4, -0.2) is 23.6 Å². The molecule has 3 amide bonds. The van der Waals surface area contributed by atoms with Gasteiger partial charge in [-0.25, -0.2) is 4.79 Å². The van der Waals surface area contributed by atoms with Crippen molar-refractivity contribution in [2.24, 2.45) is 0 Å². The van der Waals surface area contributed by atoms with E-state index in [0.717, 1.165) is 10.0 Å². The van der Waals surface area contributed by atoms with E-state index in [1.165, 1.54) is 4.90 Å². The van der Waals surface area contributed by atoms with E-state index in [9.17, 15) is 9.59 Å². The van der Waals surface area contributed by atoms with Crippen molar-refractivity contribution >= 4 is 27.9 Å². The van der Waals surface area contributed by atoms with Crippen molar-refractivity contribution in [1.82, 2.24) is 10.2 Å². The maximum atomic E-state index is 13.0. The summed E-state index contributed by atoms with van der Waals surface area (Å²) in [6.45, 7) is 2.07. The second-order valence-corrected chi connectivity index (χ2v) is 7.06. The van der Waals surface area contributed by atoms with Crippen molar-refractivity contribution in [3.05, 3.63) is 58.1 Å². The molecule has 1 fully saturated rings. The highest BCUT2D eigenvalue weighted by molar-refractivity contribution is 9.10. The summed E-state index contributed by atoms with van der Waals surface area (Å²) in [5.41, 5.74) is 0.393. The van der Waals surface area contributed by atoms with Crippen molar-refractivity contribution in [3.63, 3.8) is 0 Å². The van der Waals surface area contributed by atoms with Crippen LogP contribution in [0.1, 0.15) is 18.1 Å². The highest BCUT2D eigenvalue weighted by Crippen LogP contribution is 2.38. The number of imide groups is 1. The van der Waals surface area contributed by atoms with Gasteiger partial charge in [0.15, 0.2) is 11.5 Å². The fraction of sp³-hybridized carbons (Fsp3) is 0.222. The van der Waals surface area contributed by atoms with Gasteiger partial charge in [0, 0.05) is 4.47 Å². The van der Waals surface area contributed by atoms with Gasteiger partial charge in [-0.3, -0.25) is 9.69 Å². The molecule has 2 aromatic rings. The Hall–Kier alpha value is -2.54. The molecule has 1 atom stereocenters. The van der Waals surface area contributed by atoms with Crippen LogP contribution in [0.5, 0.6) is 11.5 Å². The zero-order chi connectivity index (χ0) is 17.6. The molecule has 0 spiro atoms. The number of nitrogens with zero attached hydrogens (tertiary/aromatic N) is 1. The minimum absolute atomic E-state index is 0.158. The van der Waals surface area contributed by atoms with Crippen LogP contribution >= 0.6 is 15.9 Å². The molecular weight excluding hydrogens is 388 g/mol. The lowest BCUT2D eigenvalue weighted by Crippen LogP contribution is -2.40. The molecule has 0 radical (unpaired) electrons. The largest absolute Gasteiger partial charge is 0.454 e. The van der Waals surface area contributed by atoms with Crippen molar-refractivity contribution in [2.75, 3.05) is 6.79 Å². The van der Waals surface area contributed by atoms with Crippen LogP contribution in [0.3, 0.4) is 0 Å². The SMILES string of the molecule is C[C@]1(c2ccc3c(c2)OCO3)NC(=O)N(Cc2cccc(Br)c2)C1=O. The molecule has 0 unspecified atom stereocenters. The zero-order valence-corrected chi connectivity index (χ0v) is 15.0. The van der Waals surface area contributed by atoms with Crippen LogP contribution in [-0.2, 0) is 16.9 Å². The van der Waals surface area contributed by atoms with Crippen molar-refractivity contribution in [3.8, 4) is 11.5 Å². The zero-order valence-electron chi connectivity index (χ0n) is 13.4. The molecule has 0 aromatic heterocycles. The average molecular weight is 403 g/mol. The minimum Gasteiger partial charge on any atom is -0.454 e. The quantitative estimate of drug-likeness (QED) is 0.800. The number of hydrogen-bond donors (Lipinski definition) is 1. The first-order valence-electron chi connectivity index (χ1n) is 7.76. The first-order chi connectivity index (χ1) is 12.0.